The molecule has 0 fully saturated rings. The second-order valence-electron chi connectivity index (χ2n) is 8.82. The fourth-order valence-corrected chi connectivity index (χ4v) is 4.00. The minimum atomic E-state index is -4.43. The van der Waals surface area contributed by atoms with Gasteiger partial charge in [-0.25, -0.2) is 4.39 Å². The summed E-state index contributed by atoms with van der Waals surface area (Å²) in [5, 5.41) is 3.27. The molecule has 0 saturated heterocycles. The molecule has 5 aromatic rings. The number of nitrogens with one attached hydrogen (secondary N) is 1. The van der Waals surface area contributed by atoms with Crippen LogP contribution in [0.4, 0.5) is 17.6 Å². The summed E-state index contributed by atoms with van der Waals surface area (Å²) in [4.78, 5) is 34.3. The van der Waals surface area contributed by atoms with Gasteiger partial charge in [-0.2, -0.15) is 23.1 Å². The van der Waals surface area contributed by atoms with Crippen LogP contribution in [0.1, 0.15) is 27.2 Å². The molecule has 1 amide bonds. The smallest absolute Gasteiger partial charge is 0.416 e. The first-order chi connectivity index (χ1) is 19.1. The van der Waals surface area contributed by atoms with Gasteiger partial charge in [-0.1, -0.05) is 12.1 Å². The number of nitrogens with zero attached hydrogens (tertiary/aromatic N) is 3. The van der Waals surface area contributed by atoms with E-state index in [1.807, 2.05) is 0 Å². The molecule has 3 aromatic carbocycles. The van der Waals surface area contributed by atoms with E-state index in [1.54, 1.807) is 25.1 Å². The van der Waals surface area contributed by atoms with Crippen LogP contribution >= 0.6 is 0 Å². The summed E-state index contributed by atoms with van der Waals surface area (Å²) in [6.45, 7) is 1.77. The number of aromatic nitrogens is 3. The molecular formula is C29H20F4N4O3. The quantitative estimate of drug-likeness (QED) is 0.264. The third-order valence-corrected chi connectivity index (χ3v) is 6.07. The lowest BCUT2D eigenvalue weighted by Crippen LogP contribution is -2.23. The highest BCUT2D eigenvalue weighted by Gasteiger charge is 2.29. The number of benzene rings is 3. The minimum absolute atomic E-state index is 0.0322. The molecule has 0 aliphatic rings. The Morgan fingerprint density at radius 2 is 1.57 bits per heavy atom. The highest BCUT2D eigenvalue weighted by molar-refractivity contribution is 5.94. The number of rotatable bonds is 6. The van der Waals surface area contributed by atoms with E-state index in [1.165, 1.54) is 59.2 Å². The summed E-state index contributed by atoms with van der Waals surface area (Å²) in [6, 6.07) is 19.0. The number of aryl methyl sites for hydroxylation is 1. The second-order valence-corrected chi connectivity index (χ2v) is 8.82. The van der Waals surface area contributed by atoms with Gasteiger partial charge in [0.15, 0.2) is 5.65 Å². The van der Waals surface area contributed by atoms with Gasteiger partial charge in [-0.3, -0.25) is 14.2 Å². The fraction of sp³-hybridized carbons (Fsp3) is 0.103. The van der Waals surface area contributed by atoms with Gasteiger partial charge >= 0.3 is 12.2 Å². The molecule has 0 atom stereocenters. The van der Waals surface area contributed by atoms with Gasteiger partial charge in [0, 0.05) is 23.6 Å². The second kappa shape index (κ2) is 10.6. The number of amides is 1. The Balaban J connectivity index is 1.38. The lowest BCUT2D eigenvalue weighted by Gasteiger charge is -2.13. The Morgan fingerprint density at radius 1 is 0.900 bits per heavy atom. The van der Waals surface area contributed by atoms with Gasteiger partial charge in [-0.05, 0) is 79.2 Å². The molecule has 1 N–H and O–H groups in total. The average Bonchev–Trinajstić information content (AvgIpc) is 2.93. The van der Waals surface area contributed by atoms with E-state index in [-0.39, 0.29) is 29.3 Å². The van der Waals surface area contributed by atoms with Crippen LogP contribution in [0, 0.1) is 12.7 Å². The van der Waals surface area contributed by atoms with Crippen molar-refractivity contribution in [3.63, 3.8) is 0 Å². The van der Waals surface area contributed by atoms with Crippen molar-refractivity contribution in [1.29, 1.82) is 0 Å². The molecule has 0 bridgehead atoms. The van der Waals surface area contributed by atoms with Gasteiger partial charge in [0.2, 0.25) is 0 Å². The zero-order valence-corrected chi connectivity index (χ0v) is 20.9. The summed E-state index contributed by atoms with van der Waals surface area (Å²) >= 11 is 0. The van der Waals surface area contributed by atoms with Crippen molar-refractivity contribution in [3.05, 3.63) is 123 Å². The van der Waals surface area contributed by atoms with Gasteiger partial charge < -0.3 is 10.1 Å². The Hall–Kier alpha value is -5.06. The maximum Gasteiger partial charge on any atom is 0.416 e. The largest absolute Gasteiger partial charge is 0.424 e. The topological polar surface area (TPSA) is 86.1 Å². The highest BCUT2D eigenvalue weighted by Crippen LogP contribution is 2.29. The first-order valence-corrected chi connectivity index (χ1v) is 12.0. The molecule has 0 radical (unpaired) electrons. The predicted octanol–water partition coefficient (Wildman–Crippen LogP) is 5.97. The number of carbonyl (C=O) groups is 1. The normalized spacial score (nSPS) is 11.4. The highest BCUT2D eigenvalue weighted by atomic mass is 19.4. The number of ether oxygens (including phenoxy) is 1. The SMILES string of the molecule is Cc1nc(Oc2ccc(F)cc2)nc2c1ccc(=O)n2-c1ccc(C(=O)NCc2ccc(C(F)(F)F)cc2)cc1. The van der Waals surface area contributed by atoms with E-state index in [2.05, 4.69) is 15.3 Å². The van der Waals surface area contributed by atoms with Crippen molar-refractivity contribution >= 4 is 16.9 Å². The van der Waals surface area contributed by atoms with E-state index in [0.717, 1.165) is 12.1 Å². The van der Waals surface area contributed by atoms with Crippen LogP contribution in [0.15, 0.2) is 89.7 Å². The standard InChI is InChI=1S/C29H20F4N4O3/c1-17-24-14-15-25(38)37(26(24)36-28(35-17)40-23-12-8-21(30)9-13-23)22-10-4-19(5-11-22)27(39)34-16-18-2-6-20(7-3-18)29(31,32)33/h2-15H,16H2,1H3,(H,34,39). The zero-order chi connectivity index (χ0) is 28.4. The molecule has 40 heavy (non-hydrogen) atoms. The Morgan fingerprint density at radius 3 is 2.23 bits per heavy atom. The molecular weight excluding hydrogens is 528 g/mol. The number of fused-ring (bicyclic) bond motifs is 1. The molecule has 0 aliphatic carbocycles. The maximum absolute atomic E-state index is 13.2. The molecule has 2 heterocycles. The third kappa shape index (κ3) is 5.68. The first-order valence-electron chi connectivity index (χ1n) is 12.0. The number of carbonyl (C=O) groups excluding carboxylic acids is 1. The van der Waals surface area contributed by atoms with E-state index in [0.29, 0.717) is 28.1 Å². The number of pyridine rings is 1. The number of hydrogen-bond acceptors (Lipinski definition) is 5. The molecule has 0 saturated carbocycles. The molecule has 2 aromatic heterocycles. The number of halogens is 4. The Labute approximate surface area is 224 Å². The van der Waals surface area contributed by atoms with Crippen molar-refractivity contribution in [3.8, 4) is 17.4 Å². The van der Waals surface area contributed by atoms with Crippen LogP contribution in [0.2, 0.25) is 0 Å². The van der Waals surface area contributed by atoms with Crippen LogP contribution in [0.3, 0.4) is 0 Å². The Bertz CT molecular complexity index is 1750. The van der Waals surface area contributed by atoms with Gasteiger partial charge in [0.1, 0.15) is 11.6 Å². The first kappa shape index (κ1) is 26.5. The molecule has 7 nitrogen and oxygen atoms in total. The van der Waals surface area contributed by atoms with Crippen LogP contribution in [-0.2, 0) is 12.7 Å². The van der Waals surface area contributed by atoms with Crippen LogP contribution in [0.5, 0.6) is 11.8 Å². The summed E-state index contributed by atoms with van der Waals surface area (Å²) in [5.74, 6) is -0.546. The van der Waals surface area contributed by atoms with Crippen molar-refractivity contribution in [2.24, 2.45) is 0 Å². The third-order valence-electron chi connectivity index (χ3n) is 6.07. The predicted molar refractivity (Wildman–Crippen MR) is 139 cm³/mol. The van der Waals surface area contributed by atoms with E-state index in [9.17, 15) is 27.2 Å². The fourth-order valence-electron chi connectivity index (χ4n) is 4.00. The van der Waals surface area contributed by atoms with Gasteiger partial charge in [0.05, 0.1) is 16.9 Å². The summed E-state index contributed by atoms with van der Waals surface area (Å²) in [6.07, 6.45) is -4.43. The molecule has 0 spiro atoms. The summed E-state index contributed by atoms with van der Waals surface area (Å²) < 4.78 is 58.5. The van der Waals surface area contributed by atoms with Crippen LogP contribution in [0.25, 0.3) is 16.7 Å². The van der Waals surface area contributed by atoms with Gasteiger partial charge in [0.25, 0.3) is 11.5 Å². The molecule has 202 valence electrons. The Kier molecular flexibility index (Phi) is 7.03. The van der Waals surface area contributed by atoms with Crippen molar-refractivity contribution in [2.45, 2.75) is 19.6 Å². The maximum atomic E-state index is 13.2. The monoisotopic (exact) mass is 548 g/mol. The molecule has 0 aliphatic heterocycles. The zero-order valence-electron chi connectivity index (χ0n) is 20.9. The average molecular weight is 548 g/mol. The lowest BCUT2D eigenvalue weighted by atomic mass is 10.1. The van der Waals surface area contributed by atoms with E-state index >= 15 is 0 Å². The van der Waals surface area contributed by atoms with Gasteiger partial charge in [-0.15, -0.1) is 0 Å². The van der Waals surface area contributed by atoms with Crippen LogP contribution < -0.4 is 15.6 Å². The van der Waals surface area contributed by atoms with Crippen molar-refractivity contribution in [1.82, 2.24) is 19.9 Å². The molecule has 5 rings (SSSR count). The molecule has 0 unspecified atom stereocenters. The van der Waals surface area contributed by atoms with Crippen molar-refractivity contribution < 1.29 is 27.1 Å². The van der Waals surface area contributed by atoms with Crippen LogP contribution in [-0.4, -0.2) is 20.4 Å². The number of alkyl halides is 3. The number of hydrogen-bond donors (Lipinski definition) is 1. The van der Waals surface area contributed by atoms with Crippen molar-refractivity contribution in [2.75, 3.05) is 0 Å². The molecule has 11 heteroatoms. The summed E-state index contributed by atoms with van der Waals surface area (Å²) in [5.41, 5.74) is 0.908. The lowest BCUT2D eigenvalue weighted by molar-refractivity contribution is -0.137. The summed E-state index contributed by atoms with van der Waals surface area (Å²) in [7, 11) is 0. The minimum Gasteiger partial charge on any atom is -0.424 e. The van der Waals surface area contributed by atoms with E-state index < -0.39 is 23.5 Å². The van der Waals surface area contributed by atoms with E-state index in [4.69, 9.17) is 4.74 Å².